The van der Waals surface area contributed by atoms with E-state index in [1.54, 1.807) is 14.0 Å². The first-order valence-corrected chi connectivity index (χ1v) is 9.75. The molecule has 2 aromatic carbocycles. The van der Waals surface area contributed by atoms with Crippen LogP contribution in [0.1, 0.15) is 29.7 Å². The molecule has 0 radical (unpaired) electrons. The lowest BCUT2D eigenvalue weighted by atomic mass is 9.87. The van der Waals surface area contributed by atoms with E-state index in [4.69, 9.17) is 4.74 Å². The molecular weight excluding hydrogens is 336 g/mol. The van der Waals surface area contributed by atoms with Gasteiger partial charge in [-0.25, -0.2) is 0 Å². The van der Waals surface area contributed by atoms with Gasteiger partial charge in [-0.15, -0.1) is 0 Å². The van der Waals surface area contributed by atoms with Gasteiger partial charge in [0.1, 0.15) is 5.75 Å². The molecule has 2 aliphatic rings. The van der Waals surface area contributed by atoms with E-state index in [0.717, 1.165) is 31.9 Å². The predicted molar refractivity (Wildman–Crippen MR) is 107 cm³/mol. The van der Waals surface area contributed by atoms with Gasteiger partial charge in [-0.05, 0) is 41.7 Å². The lowest BCUT2D eigenvalue weighted by Gasteiger charge is -2.30. The van der Waals surface area contributed by atoms with Crippen molar-refractivity contribution in [3.05, 3.63) is 65.2 Å². The van der Waals surface area contributed by atoms with Crippen LogP contribution in [-0.4, -0.2) is 42.5 Å². The van der Waals surface area contributed by atoms with Gasteiger partial charge in [-0.1, -0.05) is 36.4 Å². The van der Waals surface area contributed by atoms with E-state index >= 15 is 0 Å². The summed E-state index contributed by atoms with van der Waals surface area (Å²) in [5.41, 5.74) is 3.90. The molecule has 2 aromatic rings. The van der Waals surface area contributed by atoms with Crippen LogP contribution in [0.15, 0.2) is 48.5 Å². The van der Waals surface area contributed by atoms with Crippen LogP contribution >= 0.6 is 0 Å². The Hall–Kier alpha value is -2.33. The van der Waals surface area contributed by atoms with Crippen molar-refractivity contribution in [3.63, 3.8) is 0 Å². The maximum atomic E-state index is 12.3. The summed E-state index contributed by atoms with van der Waals surface area (Å²) in [5.74, 6) is 2.15. The smallest absolute Gasteiger partial charge is 0.219 e. The van der Waals surface area contributed by atoms with Gasteiger partial charge in [0, 0.05) is 39.0 Å². The van der Waals surface area contributed by atoms with Gasteiger partial charge in [-0.3, -0.25) is 9.69 Å². The first kappa shape index (κ1) is 18.1. The van der Waals surface area contributed by atoms with E-state index in [0.29, 0.717) is 11.8 Å². The Balaban J connectivity index is 1.53. The Labute approximate surface area is 161 Å². The fourth-order valence-electron chi connectivity index (χ4n) is 4.90. The minimum absolute atomic E-state index is 0.194. The van der Waals surface area contributed by atoms with Crippen molar-refractivity contribution in [1.82, 2.24) is 9.80 Å². The fraction of sp³-hybridized carbons (Fsp3) is 0.435. The number of amides is 1. The Morgan fingerprint density at radius 3 is 2.48 bits per heavy atom. The molecule has 2 saturated heterocycles. The molecule has 0 unspecified atom stereocenters. The zero-order valence-electron chi connectivity index (χ0n) is 16.4. The third kappa shape index (κ3) is 3.46. The Bertz CT molecular complexity index is 817. The summed E-state index contributed by atoms with van der Waals surface area (Å²) < 4.78 is 5.26. The molecule has 2 fully saturated rings. The zero-order chi connectivity index (χ0) is 19.0. The van der Waals surface area contributed by atoms with E-state index in [1.807, 2.05) is 12.1 Å². The van der Waals surface area contributed by atoms with Crippen LogP contribution in [0.2, 0.25) is 0 Å². The minimum atomic E-state index is 0.194. The average Bonchev–Trinajstić information content (AvgIpc) is 3.20. The molecule has 0 aromatic heterocycles. The average molecular weight is 364 g/mol. The van der Waals surface area contributed by atoms with Crippen molar-refractivity contribution in [2.75, 3.05) is 26.7 Å². The molecular formula is C23H28N2O2. The van der Waals surface area contributed by atoms with E-state index in [1.165, 1.54) is 16.7 Å². The molecule has 1 amide bonds. The molecule has 3 atom stereocenters. The lowest BCUT2D eigenvalue weighted by Crippen LogP contribution is -2.34. The highest BCUT2D eigenvalue weighted by atomic mass is 16.5. The predicted octanol–water partition coefficient (Wildman–Crippen LogP) is 3.66. The number of benzene rings is 2. The summed E-state index contributed by atoms with van der Waals surface area (Å²) >= 11 is 0. The van der Waals surface area contributed by atoms with Crippen molar-refractivity contribution >= 4 is 5.91 Å². The third-order valence-electron chi connectivity index (χ3n) is 6.22. The van der Waals surface area contributed by atoms with Crippen LogP contribution in [0.3, 0.4) is 0 Å². The largest absolute Gasteiger partial charge is 0.497 e. The van der Waals surface area contributed by atoms with Crippen LogP contribution in [0.5, 0.6) is 5.75 Å². The molecule has 2 aliphatic heterocycles. The van der Waals surface area contributed by atoms with E-state index in [9.17, 15) is 4.79 Å². The molecule has 0 aliphatic carbocycles. The van der Waals surface area contributed by atoms with Gasteiger partial charge < -0.3 is 9.64 Å². The van der Waals surface area contributed by atoms with Crippen LogP contribution in [0.25, 0.3) is 0 Å². The molecule has 4 nitrogen and oxygen atoms in total. The van der Waals surface area contributed by atoms with Crippen LogP contribution in [0, 0.1) is 18.8 Å². The highest BCUT2D eigenvalue weighted by Gasteiger charge is 2.48. The first-order chi connectivity index (χ1) is 13.1. The number of ether oxygens (including phenoxy) is 1. The molecule has 0 spiro atoms. The number of carbonyl (C=O) groups is 1. The van der Waals surface area contributed by atoms with Crippen LogP contribution in [0.4, 0.5) is 0 Å². The van der Waals surface area contributed by atoms with E-state index in [-0.39, 0.29) is 11.9 Å². The number of likely N-dealkylation sites (tertiary alicyclic amines) is 2. The Morgan fingerprint density at radius 2 is 1.81 bits per heavy atom. The summed E-state index contributed by atoms with van der Waals surface area (Å²) in [6, 6.07) is 17.1. The van der Waals surface area contributed by atoms with Crippen molar-refractivity contribution in [3.8, 4) is 5.75 Å². The topological polar surface area (TPSA) is 32.8 Å². The molecule has 142 valence electrons. The van der Waals surface area contributed by atoms with Gasteiger partial charge in [0.2, 0.25) is 5.91 Å². The maximum absolute atomic E-state index is 12.3. The van der Waals surface area contributed by atoms with Gasteiger partial charge in [0.05, 0.1) is 13.2 Å². The molecule has 27 heavy (non-hydrogen) atoms. The monoisotopic (exact) mass is 364 g/mol. The van der Waals surface area contributed by atoms with Crippen molar-refractivity contribution in [2.45, 2.75) is 26.4 Å². The minimum Gasteiger partial charge on any atom is -0.497 e. The zero-order valence-corrected chi connectivity index (χ0v) is 16.4. The van der Waals surface area contributed by atoms with Crippen LogP contribution in [-0.2, 0) is 11.3 Å². The van der Waals surface area contributed by atoms with Crippen molar-refractivity contribution in [2.24, 2.45) is 11.8 Å². The van der Waals surface area contributed by atoms with Gasteiger partial charge in [0.25, 0.3) is 0 Å². The quantitative estimate of drug-likeness (QED) is 0.830. The number of carbonyl (C=O) groups excluding carboxylic acids is 1. The normalized spacial score (nSPS) is 24.9. The number of hydrogen-bond acceptors (Lipinski definition) is 3. The van der Waals surface area contributed by atoms with Crippen LogP contribution < -0.4 is 4.74 Å². The maximum Gasteiger partial charge on any atom is 0.219 e. The lowest BCUT2D eigenvalue weighted by molar-refractivity contribution is -0.130. The molecule has 4 rings (SSSR count). The summed E-state index contributed by atoms with van der Waals surface area (Å²) in [6.07, 6.45) is 0. The van der Waals surface area contributed by atoms with E-state index in [2.05, 4.69) is 53.1 Å². The van der Waals surface area contributed by atoms with Gasteiger partial charge in [-0.2, -0.15) is 0 Å². The molecule has 0 bridgehead atoms. The summed E-state index contributed by atoms with van der Waals surface area (Å²) in [6.45, 7) is 7.80. The standard InChI is InChI=1S/C23H28N2O2/c1-16-6-4-5-7-21(16)23-22-15-24(13-19(22)14-25(23)17(2)26)12-18-8-10-20(27-3)11-9-18/h4-11,19,22-23H,12-15H2,1-3H3/t19-,22-,23+/m1/s1. The molecule has 0 N–H and O–H groups in total. The molecule has 0 saturated carbocycles. The first-order valence-electron chi connectivity index (χ1n) is 9.75. The van der Waals surface area contributed by atoms with Gasteiger partial charge >= 0.3 is 0 Å². The summed E-state index contributed by atoms with van der Waals surface area (Å²) in [5, 5.41) is 0. The summed E-state index contributed by atoms with van der Waals surface area (Å²) in [7, 11) is 1.70. The molecule has 4 heteroatoms. The second-order valence-corrected chi connectivity index (χ2v) is 7.94. The number of hydrogen-bond donors (Lipinski definition) is 0. The summed E-state index contributed by atoms with van der Waals surface area (Å²) in [4.78, 5) is 16.9. The number of aryl methyl sites for hydroxylation is 1. The second kappa shape index (κ2) is 7.35. The number of methoxy groups -OCH3 is 1. The Kier molecular flexibility index (Phi) is 4.92. The van der Waals surface area contributed by atoms with Crippen molar-refractivity contribution in [1.29, 1.82) is 0 Å². The number of nitrogens with zero attached hydrogens (tertiary/aromatic N) is 2. The highest BCUT2D eigenvalue weighted by Crippen LogP contribution is 2.46. The molecule has 2 heterocycles. The Morgan fingerprint density at radius 1 is 1.07 bits per heavy atom. The highest BCUT2D eigenvalue weighted by molar-refractivity contribution is 5.74. The number of fused-ring (bicyclic) bond motifs is 1. The SMILES string of the molecule is COc1ccc(CN2C[C@@H]3CN(C(C)=O)[C@@H](c4ccccc4C)[C@@H]3C2)cc1. The third-order valence-corrected chi connectivity index (χ3v) is 6.22. The second-order valence-electron chi connectivity index (χ2n) is 7.94. The number of rotatable bonds is 4. The van der Waals surface area contributed by atoms with E-state index < -0.39 is 0 Å². The fourth-order valence-corrected chi connectivity index (χ4v) is 4.90. The van der Waals surface area contributed by atoms with Crippen molar-refractivity contribution < 1.29 is 9.53 Å². The van der Waals surface area contributed by atoms with Gasteiger partial charge in [0.15, 0.2) is 0 Å².